The van der Waals surface area contributed by atoms with E-state index in [0.717, 1.165) is 5.01 Å². The molecule has 20 heavy (non-hydrogen) atoms. The van der Waals surface area contributed by atoms with Crippen LogP contribution in [-0.2, 0) is 5.54 Å². The fourth-order valence-electron chi connectivity index (χ4n) is 1.79. The third-order valence-corrected chi connectivity index (χ3v) is 3.83. The summed E-state index contributed by atoms with van der Waals surface area (Å²) in [6.07, 6.45) is 1.68. The van der Waals surface area contributed by atoms with Gasteiger partial charge in [0, 0.05) is 17.6 Å². The molecule has 0 amide bonds. The molecule has 2 rings (SSSR count). The quantitative estimate of drug-likeness (QED) is 0.688. The van der Waals surface area contributed by atoms with Crippen LogP contribution < -0.4 is 5.32 Å². The molecule has 0 bridgehead atoms. The number of nitrogens with one attached hydrogen (secondary N) is 1. The number of hydrogen-bond donors (Lipinski definition) is 1. The highest BCUT2D eigenvalue weighted by atomic mass is 32.1. The molecular formula is C13H12N4O2S. The Morgan fingerprint density at radius 1 is 1.50 bits per heavy atom. The van der Waals surface area contributed by atoms with Crippen LogP contribution in [0.5, 0.6) is 0 Å². The maximum absolute atomic E-state index is 11.1. The molecule has 0 atom stereocenters. The van der Waals surface area contributed by atoms with E-state index in [4.69, 9.17) is 5.26 Å². The molecule has 0 aliphatic carbocycles. The third-order valence-electron chi connectivity index (χ3n) is 2.74. The zero-order valence-electron chi connectivity index (χ0n) is 11.0. The molecular weight excluding hydrogens is 276 g/mol. The van der Waals surface area contributed by atoms with Gasteiger partial charge in [0.15, 0.2) is 0 Å². The molecule has 0 fully saturated rings. The number of anilines is 1. The predicted octanol–water partition coefficient (Wildman–Crippen LogP) is 3.27. The Balaban J connectivity index is 2.42. The van der Waals surface area contributed by atoms with Crippen molar-refractivity contribution >= 4 is 22.7 Å². The number of nitrogens with zero attached hydrogens (tertiary/aromatic N) is 3. The van der Waals surface area contributed by atoms with E-state index in [1.165, 1.54) is 29.5 Å². The number of aromatic nitrogens is 1. The zero-order valence-corrected chi connectivity index (χ0v) is 11.8. The number of nitro benzene ring substituents is 1. The first-order valence-electron chi connectivity index (χ1n) is 5.81. The van der Waals surface area contributed by atoms with Gasteiger partial charge in [-0.15, -0.1) is 11.3 Å². The van der Waals surface area contributed by atoms with Crippen molar-refractivity contribution in [1.29, 1.82) is 5.26 Å². The van der Waals surface area contributed by atoms with Gasteiger partial charge in [-0.25, -0.2) is 4.98 Å². The summed E-state index contributed by atoms with van der Waals surface area (Å²) in [5, 5.41) is 25.7. The van der Waals surface area contributed by atoms with Crippen molar-refractivity contribution in [2.45, 2.75) is 19.4 Å². The van der Waals surface area contributed by atoms with Gasteiger partial charge in [0.25, 0.3) is 5.69 Å². The van der Waals surface area contributed by atoms with Gasteiger partial charge in [0.1, 0.15) is 10.7 Å². The Hall–Kier alpha value is -2.46. The number of thiazole rings is 1. The zero-order chi connectivity index (χ0) is 14.8. The van der Waals surface area contributed by atoms with Crippen LogP contribution in [0.15, 0.2) is 29.8 Å². The SMILES string of the molecule is CC(C)(Nc1cc(C#N)ccc1[N+](=O)[O-])c1nccs1. The number of rotatable bonds is 4. The maximum Gasteiger partial charge on any atom is 0.292 e. The van der Waals surface area contributed by atoms with Crippen molar-refractivity contribution in [3.63, 3.8) is 0 Å². The maximum atomic E-state index is 11.1. The lowest BCUT2D eigenvalue weighted by Gasteiger charge is -2.25. The minimum atomic E-state index is -0.562. The van der Waals surface area contributed by atoms with Gasteiger partial charge >= 0.3 is 0 Å². The first-order valence-corrected chi connectivity index (χ1v) is 6.69. The monoisotopic (exact) mass is 288 g/mol. The largest absolute Gasteiger partial charge is 0.368 e. The van der Waals surface area contributed by atoms with Gasteiger partial charge in [-0.3, -0.25) is 10.1 Å². The second-order valence-electron chi connectivity index (χ2n) is 4.69. The van der Waals surface area contributed by atoms with E-state index in [2.05, 4.69) is 10.3 Å². The van der Waals surface area contributed by atoms with E-state index in [1.54, 1.807) is 6.20 Å². The van der Waals surface area contributed by atoms with Crippen molar-refractivity contribution in [1.82, 2.24) is 4.98 Å². The molecule has 0 saturated carbocycles. The molecule has 0 unspecified atom stereocenters. The summed E-state index contributed by atoms with van der Waals surface area (Å²) in [5.41, 5.74) is 0.0587. The van der Waals surface area contributed by atoms with Crippen LogP contribution in [0.25, 0.3) is 0 Å². The summed E-state index contributed by atoms with van der Waals surface area (Å²) >= 11 is 1.46. The van der Waals surface area contributed by atoms with Gasteiger partial charge in [0.05, 0.1) is 22.1 Å². The Bertz CT molecular complexity index is 674. The lowest BCUT2D eigenvalue weighted by molar-refractivity contribution is -0.384. The highest BCUT2D eigenvalue weighted by Crippen LogP contribution is 2.32. The van der Waals surface area contributed by atoms with E-state index < -0.39 is 10.5 Å². The molecule has 2 aromatic rings. The van der Waals surface area contributed by atoms with Crippen LogP contribution in [0.1, 0.15) is 24.4 Å². The Morgan fingerprint density at radius 3 is 2.80 bits per heavy atom. The van der Waals surface area contributed by atoms with E-state index in [0.29, 0.717) is 11.3 Å². The predicted molar refractivity (Wildman–Crippen MR) is 76.6 cm³/mol. The van der Waals surface area contributed by atoms with Crippen LogP contribution in [0.3, 0.4) is 0 Å². The Morgan fingerprint density at radius 2 is 2.25 bits per heavy atom. The van der Waals surface area contributed by atoms with Gasteiger partial charge < -0.3 is 5.32 Å². The third kappa shape index (κ3) is 2.75. The molecule has 7 heteroatoms. The molecule has 1 aromatic carbocycles. The molecule has 1 N–H and O–H groups in total. The fourth-order valence-corrected chi connectivity index (χ4v) is 2.51. The average molecular weight is 288 g/mol. The van der Waals surface area contributed by atoms with Gasteiger partial charge in [-0.1, -0.05) is 0 Å². The van der Waals surface area contributed by atoms with E-state index in [-0.39, 0.29) is 5.69 Å². The van der Waals surface area contributed by atoms with Gasteiger partial charge in [0.2, 0.25) is 0 Å². The van der Waals surface area contributed by atoms with E-state index >= 15 is 0 Å². The molecule has 6 nitrogen and oxygen atoms in total. The minimum Gasteiger partial charge on any atom is -0.368 e. The van der Waals surface area contributed by atoms with Crippen LogP contribution in [-0.4, -0.2) is 9.91 Å². The van der Waals surface area contributed by atoms with Crippen molar-refractivity contribution in [2.75, 3.05) is 5.32 Å². The molecule has 1 heterocycles. The summed E-state index contributed by atoms with van der Waals surface area (Å²) in [7, 11) is 0. The van der Waals surface area contributed by atoms with E-state index in [9.17, 15) is 10.1 Å². The van der Waals surface area contributed by atoms with Crippen molar-refractivity contribution in [3.8, 4) is 6.07 Å². The van der Waals surface area contributed by atoms with Crippen LogP contribution in [0.4, 0.5) is 11.4 Å². The molecule has 0 spiro atoms. The molecule has 102 valence electrons. The number of benzene rings is 1. The topological polar surface area (TPSA) is 91.8 Å². The van der Waals surface area contributed by atoms with Crippen molar-refractivity contribution in [3.05, 3.63) is 50.5 Å². The van der Waals surface area contributed by atoms with Gasteiger partial charge in [-0.2, -0.15) is 5.26 Å². The molecule has 0 radical (unpaired) electrons. The molecule has 0 aliphatic rings. The highest BCUT2D eigenvalue weighted by molar-refractivity contribution is 7.09. The summed E-state index contributed by atoms with van der Waals surface area (Å²) < 4.78 is 0. The molecule has 0 saturated heterocycles. The fraction of sp³-hybridized carbons (Fsp3) is 0.231. The van der Waals surface area contributed by atoms with Crippen LogP contribution in [0, 0.1) is 21.4 Å². The Labute approximate surface area is 119 Å². The Kier molecular flexibility index (Phi) is 3.68. The van der Waals surface area contributed by atoms with Crippen LogP contribution >= 0.6 is 11.3 Å². The summed E-state index contributed by atoms with van der Waals surface area (Å²) in [6, 6.07) is 6.22. The standard InChI is InChI=1S/C13H12N4O2S/c1-13(2,12-15-5-6-20-12)16-10-7-9(8-14)3-4-11(10)17(18)19/h3-7,16H,1-2H3. The van der Waals surface area contributed by atoms with Crippen molar-refractivity contribution < 1.29 is 4.92 Å². The number of nitro groups is 1. The smallest absolute Gasteiger partial charge is 0.292 e. The first-order chi connectivity index (χ1) is 9.44. The number of nitriles is 1. The summed E-state index contributed by atoms with van der Waals surface area (Å²) in [5.74, 6) is 0. The minimum absolute atomic E-state index is 0.0615. The molecule has 1 aromatic heterocycles. The average Bonchev–Trinajstić information content (AvgIpc) is 2.92. The second kappa shape index (κ2) is 5.27. The lowest BCUT2D eigenvalue weighted by atomic mass is 10.1. The number of hydrogen-bond acceptors (Lipinski definition) is 6. The highest BCUT2D eigenvalue weighted by Gasteiger charge is 2.26. The van der Waals surface area contributed by atoms with Gasteiger partial charge in [-0.05, 0) is 26.0 Å². The van der Waals surface area contributed by atoms with Crippen LogP contribution in [0.2, 0.25) is 0 Å². The summed E-state index contributed by atoms with van der Waals surface area (Å²) in [4.78, 5) is 14.8. The van der Waals surface area contributed by atoms with Crippen molar-refractivity contribution in [2.24, 2.45) is 0 Å². The molecule has 0 aliphatic heterocycles. The first kappa shape index (κ1) is 14.0. The summed E-state index contributed by atoms with van der Waals surface area (Å²) in [6.45, 7) is 3.77. The van der Waals surface area contributed by atoms with E-state index in [1.807, 2.05) is 25.3 Å². The normalized spacial score (nSPS) is 10.8. The lowest BCUT2D eigenvalue weighted by Crippen LogP contribution is -2.28. The second-order valence-corrected chi connectivity index (χ2v) is 5.58.